The van der Waals surface area contributed by atoms with Crippen molar-refractivity contribution in [2.24, 2.45) is 11.7 Å². The van der Waals surface area contributed by atoms with Gasteiger partial charge in [-0.25, -0.2) is 9.50 Å². The number of carbonyl (C=O) groups excluding carboxylic acids is 1. The highest BCUT2D eigenvalue weighted by molar-refractivity contribution is 5.98. The lowest BCUT2D eigenvalue weighted by Crippen LogP contribution is -2.11. The number of pyridine rings is 1. The van der Waals surface area contributed by atoms with E-state index >= 15 is 0 Å². The number of methoxy groups -OCH3 is 1. The molecule has 1 fully saturated rings. The molecule has 1 aliphatic carbocycles. The first-order valence-corrected chi connectivity index (χ1v) is 8.89. The number of hydrogen-bond donors (Lipinski definition) is 1. The van der Waals surface area contributed by atoms with Crippen molar-refractivity contribution < 1.29 is 22.7 Å². The Balaban J connectivity index is 0.000000252. The average Bonchev–Trinajstić information content (AvgIpc) is 3.34. The predicted octanol–water partition coefficient (Wildman–Crippen LogP) is 3.56. The van der Waals surface area contributed by atoms with E-state index < -0.39 is 18.5 Å². The van der Waals surface area contributed by atoms with Crippen LogP contribution < -0.4 is 10.5 Å². The lowest BCUT2D eigenvalue weighted by atomic mass is 10.2. The highest BCUT2D eigenvalue weighted by Crippen LogP contribution is 2.39. The molecule has 0 saturated heterocycles. The van der Waals surface area contributed by atoms with Crippen molar-refractivity contribution in [1.29, 1.82) is 0 Å². The van der Waals surface area contributed by atoms with Crippen molar-refractivity contribution in [3.05, 3.63) is 42.0 Å². The lowest BCUT2D eigenvalue weighted by Gasteiger charge is -2.06. The maximum atomic E-state index is 11.4. The summed E-state index contributed by atoms with van der Waals surface area (Å²) in [6.45, 7) is 1.88. The average molecular weight is 407 g/mol. The van der Waals surface area contributed by atoms with Gasteiger partial charge in [-0.05, 0) is 37.8 Å². The van der Waals surface area contributed by atoms with Gasteiger partial charge in [0.1, 0.15) is 11.3 Å². The molecule has 0 aliphatic heterocycles. The minimum absolute atomic E-state index is 0.0324. The summed E-state index contributed by atoms with van der Waals surface area (Å²) in [6.07, 6.45) is 1.79. The summed E-state index contributed by atoms with van der Waals surface area (Å²) < 4.78 is 40.8. The van der Waals surface area contributed by atoms with Gasteiger partial charge < -0.3 is 10.5 Å². The number of halogens is 3. The summed E-state index contributed by atoms with van der Waals surface area (Å²) in [5, 5.41) is 4.12. The van der Waals surface area contributed by atoms with E-state index in [0.717, 1.165) is 24.1 Å². The molecule has 154 valence electrons. The minimum Gasteiger partial charge on any atom is -0.495 e. The van der Waals surface area contributed by atoms with Gasteiger partial charge in [0.2, 0.25) is 0 Å². The maximum absolute atomic E-state index is 11.4. The molecular weight excluding hydrogens is 387 g/mol. The van der Waals surface area contributed by atoms with Crippen LogP contribution in [-0.4, -0.2) is 38.8 Å². The van der Waals surface area contributed by atoms with Gasteiger partial charge >= 0.3 is 6.18 Å². The van der Waals surface area contributed by atoms with Gasteiger partial charge in [-0.15, -0.1) is 0 Å². The largest absolute Gasteiger partial charge is 0.495 e. The molecule has 1 amide bonds. The Morgan fingerprint density at radius 2 is 2.00 bits per heavy atom. The second-order valence-corrected chi connectivity index (χ2v) is 6.82. The van der Waals surface area contributed by atoms with Crippen LogP contribution in [0.1, 0.15) is 35.3 Å². The van der Waals surface area contributed by atoms with E-state index in [4.69, 9.17) is 10.5 Å². The van der Waals surface area contributed by atoms with Crippen LogP contribution >= 0.6 is 0 Å². The third-order valence-electron chi connectivity index (χ3n) is 4.38. The van der Waals surface area contributed by atoms with Crippen molar-refractivity contribution in [3.8, 4) is 17.0 Å². The Hall–Kier alpha value is -3.17. The number of primary amides is 1. The van der Waals surface area contributed by atoms with Gasteiger partial charge in [-0.3, -0.25) is 9.78 Å². The number of aryl methyl sites for hydroxylation is 1. The zero-order valence-corrected chi connectivity index (χ0v) is 15.9. The third kappa shape index (κ3) is 5.21. The molecule has 0 atom stereocenters. The number of ether oxygens (including phenoxy) is 1. The Kier molecular flexibility index (Phi) is 5.71. The second kappa shape index (κ2) is 8.06. The van der Waals surface area contributed by atoms with Crippen LogP contribution in [0.25, 0.3) is 16.9 Å². The zero-order valence-electron chi connectivity index (χ0n) is 15.9. The quantitative estimate of drug-likeness (QED) is 0.714. The second-order valence-electron chi connectivity index (χ2n) is 6.82. The normalized spacial score (nSPS) is 13.7. The molecule has 3 heterocycles. The molecule has 1 aliphatic rings. The Morgan fingerprint density at radius 1 is 1.28 bits per heavy atom. The van der Waals surface area contributed by atoms with Crippen LogP contribution in [0.15, 0.2) is 30.7 Å². The molecule has 0 radical (unpaired) electrons. The van der Waals surface area contributed by atoms with Gasteiger partial charge in [0.25, 0.3) is 5.91 Å². The Morgan fingerprint density at radius 3 is 2.55 bits per heavy atom. The van der Waals surface area contributed by atoms with Crippen LogP contribution in [0.5, 0.6) is 5.75 Å². The molecule has 10 heteroatoms. The van der Waals surface area contributed by atoms with Crippen molar-refractivity contribution in [3.63, 3.8) is 0 Å². The molecule has 7 nitrogen and oxygen atoms in total. The summed E-state index contributed by atoms with van der Waals surface area (Å²) in [6, 6.07) is 3.69. The predicted molar refractivity (Wildman–Crippen MR) is 99.4 cm³/mol. The van der Waals surface area contributed by atoms with Crippen molar-refractivity contribution in [1.82, 2.24) is 19.6 Å². The molecule has 1 saturated carbocycles. The third-order valence-corrected chi connectivity index (χ3v) is 4.38. The molecular formula is C19H20F3N5O2. The number of hydrogen-bond acceptors (Lipinski definition) is 5. The van der Waals surface area contributed by atoms with Gasteiger partial charge in [0.05, 0.1) is 25.2 Å². The molecule has 0 aromatic carbocycles. The minimum atomic E-state index is -3.92. The maximum Gasteiger partial charge on any atom is 0.389 e. The molecule has 0 bridgehead atoms. The van der Waals surface area contributed by atoms with E-state index in [1.54, 1.807) is 24.0 Å². The molecule has 4 rings (SSSR count). The molecule has 3 aromatic rings. The highest BCUT2D eigenvalue weighted by atomic mass is 19.4. The molecule has 0 unspecified atom stereocenters. The zero-order chi connectivity index (χ0) is 21.2. The lowest BCUT2D eigenvalue weighted by molar-refractivity contribution is -0.138. The highest BCUT2D eigenvalue weighted by Gasteiger charge is 2.36. The van der Waals surface area contributed by atoms with Crippen molar-refractivity contribution in [2.75, 3.05) is 7.11 Å². The number of aromatic nitrogens is 4. The van der Waals surface area contributed by atoms with E-state index in [0.29, 0.717) is 17.1 Å². The van der Waals surface area contributed by atoms with Gasteiger partial charge in [0, 0.05) is 23.9 Å². The number of rotatable bonds is 4. The number of nitrogens with two attached hydrogens (primary N) is 1. The number of nitrogens with zero attached hydrogens (tertiary/aromatic N) is 4. The van der Waals surface area contributed by atoms with E-state index in [2.05, 4.69) is 15.1 Å². The first-order valence-electron chi connectivity index (χ1n) is 8.89. The van der Waals surface area contributed by atoms with Gasteiger partial charge in [-0.1, -0.05) is 0 Å². The fraction of sp³-hybridized carbons (Fsp3) is 0.368. The number of fused-ring (bicyclic) bond motifs is 1. The topological polar surface area (TPSA) is 95.4 Å². The van der Waals surface area contributed by atoms with E-state index in [9.17, 15) is 18.0 Å². The summed E-state index contributed by atoms with van der Waals surface area (Å²) >= 11 is 0. The van der Waals surface area contributed by atoms with Gasteiger partial charge in [0.15, 0.2) is 5.65 Å². The van der Waals surface area contributed by atoms with Crippen LogP contribution in [0.2, 0.25) is 0 Å². The molecule has 3 aromatic heterocycles. The van der Waals surface area contributed by atoms with Crippen LogP contribution in [0.4, 0.5) is 13.2 Å². The van der Waals surface area contributed by atoms with E-state index in [1.807, 2.05) is 19.1 Å². The van der Waals surface area contributed by atoms with E-state index in [-0.39, 0.29) is 11.5 Å². The van der Waals surface area contributed by atoms with Crippen LogP contribution in [0.3, 0.4) is 0 Å². The standard InChI is InChI=1S/C14H13N5O2.C5H7F3/c1-8-3-12(9-4-10(21-2)6-16-5-9)18-14-11(13(15)20)7-17-19(8)14;6-5(7,8)3-4-1-2-4/h3-7H,1-2H3,(H2,15,20);4H,1-3H2. The number of alkyl halides is 3. The van der Waals surface area contributed by atoms with Gasteiger partial charge in [-0.2, -0.15) is 18.3 Å². The number of amides is 1. The number of carbonyl (C=O) groups is 1. The fourth-order valence-corrected chi connectivity index (χ4v) is 2.75. The van der Waals surface area contributed by atoms with Crippen molar-refractivity contribution in [2.45, 2.75) is 32.4 Å². The summed E-state index contributed by atoms with van der Waals surface area (Å²) in [7, 11) is 1.57. The summed E-state index contributed by atoms with van der Waals surface area (Å²) in [4.78, 5) is 20.0. The first kappa shape index (κ1) is 20.6. The summed E-state index contributed by atoms with van der Waals surface area (Å²) in [5.74, 6) is 0.0447. The van der Waals surface area contributed by atoms with Crippen LogP contribution in [0, 0.1) is 12.8 Å². The van der Waals surface area contributed by atoms with Crippen LogP contribution in [-0.2, 0) is 0 Å². The fourth-order valence-electron chi connectivity index (χ4n) is 2.75. The monoisotopic (exact) mass is 407 g/mol. The Labute approximate surface area is 164 Å². The SMILES string of the molecule is COc1cncc(-c2cc(C)n3ncc(C(N)=O)c3n2)c1.FC(F)(F)CC1CC1. The van der Waals surface area contributed by atoms with E-state index in [1.165, 1.54) is 6.20 Å². The first-order chi connectivity index (χ1) is 13.7. The molecule has 29 heavy (non-hydrogen) atoms. The van der Waals surface area contributed by atoms with Crippen molar-refractivity contribution >= 4 is 11.6 Å². The molecule has 2 N–H and O–H groups in total. The Bertz CT molecular complexity index is 1030. The smallest absolute Gasteiger partial charge is 0.389 e. The molecule has 0 spiro atoms. The summed E-state index contributed by atoms with van der Waals surface area (Å²) in [5.41, 5.74) is 8.36.